The molecule has 0 aliphatic carbocycles. The zero-order chi connectivity index (χ0) is 18.3. The molecule has 3 aliphatic rings. The summed E-state index contributed by atoms with van der Waals surface area (Å²) in [5.74, 6) is 0.880. The van der Waals surface area contributed by atoms with E-state index in [1.54, 1.807) is 0 Å². The highest BCUT2D eigenvalue weighted by Crippen LogP contribution is 2.44. The Balaban J connectivity index is 1.43. The van der Waals surface area contributed by atoms with Gasteiger partial charge in [-0.3, -0.25) is 9.59 Å². The summed E-state index contributed by atoms with van der Waals surface area (Å²) in [6, 6.07) is 7.80. The average molecular weight is 355 g/mol. The van der Waals surface area contributed by atoms with Gasteiger partial charge in [-0.25, -0.2) is 0 Å². The summed E-state index contributed by atoms with van der Waals surface area (Å²) in [5, 5.41) is 3.34. The maximum absolute atomic E-state index is 12.8. The summed E-state index contributed by atoms with van der Waals surface area (Å²) in [7, 11) is 0. The Kier molecular flexibility index (Phi) is 4.51. The Morgan fingerprint density at radius 2 is 1.88 bits per heavy atom. The lowest BCUT2D eigenvalue weighted by Crippen LogP contribution is -2.56. The number of hydrogen-bond acceptors (Lipinski definition) is 3. The van der Waals surface area contributed by atoms with Gasteiger partial charge in [0, 0.05) is 43.2 Å². The number of likely N-dealkylation sites (tertiary alicyclic amines) is 2. The number of rotatable bonds is 3. The second-order valence-corrected chi connectivity index (χ2v) is 8.28. The second-order valence-electron chi connectivity index (χ2n) is 8.28. The van der Waals surface area contributed by atoms with Crippen LogP contribution in [0.25, 0.3) is 0 Å². The lowest BCUT2D eigenvalue weighted by molar-refractivity contribution is -0.123. The molecule has 140 valence electrons. The first-order valence-electron chi connectivity index (χ1n) is 9.93. The zero-order valence-corrected chi connectivity index (χ0v) is 15.8. The minimum absolute atomic E-state index is 0.103. The number of carbonyl (C=O) groups is 2. The van der Waals surface area contributed by atoms with E-state index >= 15 is 0 Å². The van der Waals surface area contributed by atoms with E-state index in [4.69, 9.17) is 0 Å². The van der Waals surface area contributed by atoms with Crippen molar-refractivity contribution in [1.29, 1.82) is 0 Å². The van der Waals surface area contributed by atoms with Crippen molar-refractivity contribution in [1.82, 2.24) is 15.1 Å². The molecular formula is C21H29N3O2. The summed E-state index contributed by atoms with van der Waals surface area (Å²) in [6.07, 6.45) is 2.88. The molecule has 1 spiro atoms. The lowest BCUT2D eigenvalue weighted by atomic mass is 9.75. The van der Waals surface area contributed by atoms with Gasteiger partial charge < -0.3 is 15.1 Å². The van der Waals surface area contributed by atoms with Gasteiger partial charge in [-0.15, -0.1) is 0 Å². The van der Waals surface area contributed by atoms with Crippen LogP contribution in [-0.2, 0) is 4.79 Å². The van der Waals surface area contributed by atoms with Gasteiger partial charge in [0.1, 0.15) is 0 Å². The number of carbonyl (C=O) groups excluding carboxylic acids is 2. The van der Waals surface area contributed by atoms with E-state index in [-0.39, 0.29) is 23.3 Å². The highest BCUT2D eigenvalue weighted by Gasteiger charge is 2.57. The van der Waals surface area contributed by atoms with Crippen molar-refractivity contribution in [3.05, 3.63) is 35.4 Å². The molecule has 0 unspecified atom stereocenters. The summed E-state index contributed by atoms with van der Waals surface area (Å²) in [6.45, 7) is 8.67. The summed E-state index contributed by atoms with van der Waals surface area (Å²) >= 11 is 0. The smallest absolute Gasteiger partial charge is 0.253 e. The third-order valence-corrected chi connectivity index (χ3v) is 6.60. The molecule has 1 aromatic carbocycles. The van der Waals surface area contributed by atoms with E-state index in [0.29, 0.717) is 5.92 Å². The molecule has 2 atom stereocenters. The van der Waals surface area contributed by atoms with Gasteiger partial charge in [0.15, 0.2) is 0 Å². The van der Waals surface area contributed by atoms with Gasteiger partial charge in [0.05, 0.1) is 5.92 Å². The third-order valence-electron chi connectivity index (χ3n) is 6.60. The first-order chi connectivity index (χ1) is 12.5. The number of amides is 2. The van der Waals surface area contributed by atoms with Crippen LogP contribution < -0.4 is 5.32 Å². The van der Waals surface area contributed by atoms with Gasteiger partial charge in [0.25, 0.3) is 5.91 Å². The standard InChI is InChI=1S/C21H29N3O2/c1-3-10-23-13-17-18(14-23)21(22-19(17)25)8-11-24(12-9-21)20(26)16-6-4-15(2)5-7-16/h4-7,17-18H,3,8-14H2,1-2H3,(H,22,25)/t17-,18+/m1/s1. The number of hydrogen-bond donors (Lipinski definition) is 1. The molecule has 1 N–H and O–H groups in total. The van der Waals surface area contributed by atoms with E-state index in [1.807, 2.05) is 36.1 Å². The van der Waals surface area contributed by atoms with Crippen LogP contribution in [0.4, 0.5) is 0 Å². The van der Waals surface area contributed by atoms with Gasteiger partial charge in [-0.1, -0.05) is 24.6 Å². The van der Waals surface area contributed by atoms with Crippen molar-refractivity contribution >= 4 is 11.8 Å². The van der Waals surface area contributed by atoms with Crippen molar-refractivity contribution in [2.75, 3.05) is 32.7 Å². The Hall–Kier alpha value is -1.88. The van der Waals surface area contributed by atoms with Crippen LogP contribution in [0, 0.1) is 18.8 Å². The fraction of sp³-hybridized carbons (Fsp3) is 0.619. The fourth-order valence-corrected chi connectivity index (χ4v) is 5.12. The van der Waals surface area contributed by atoms with E-state index in [1.165, 1.54) is 0 Å². The first kappa shape index (κ1) is 17.5. The largest absolute Gasteiger partial charge is 0.350 e. The predicted octanol–water partition coefficient (Wildman–Crippen LogP) is 2.06. The molecule has 26 heavy (non-hydrogen) atoms. The normalized spacial score (nSPS) is 27.6. The zero-order valence-electron chi connectivity index (χ0n) is 15.8. The molecular weight excluding hydrogens is 326 g/mol. The maximum atomic E-state index is 12.8. The van der Waals surface area contributed by atoms with Gasteiger partial charge in [-0.2, -0.15) is 0 Å². The molecule has 3 heterocycles. The first-order valence-corrected chi connectivity index (χ1v) is 9.93. The van der Waals surface area contributed by atoms with Crippen molar-refractivity contribution in [3.63, 3.8) is 0 Å². The Labute approximate surface area is 155 Å². The number of nitrogens with one attached hydrogen (secondary N) is 1. The third kappa shape index (κ3) is 2.92. The Bertz CT molecular complexity index is 692. The van der Waals surface area contributed by atoms with Crippen molar-refractivity contribution < 1.29 is 9.59 Å². The minimum Gasteiger partial charge on any atom is -0.350 e. The number of nitrogens with zero attached hydrogens (tertiary/aromatic N) is 2. The number of aryl methyl sites for hydroxylation is 1. The summed E-state index contributed by atoms with van der Waals surface area (Å²) in [4.78, 5) is 29.7. The number of benzene rings is 1. The quantitative estimate of drug-likeness (QED) is 0.903. The van der Waals surface area contributed by atoms with Crippen LogP contribution in [0.3, 0.4) is 0 Å². The molecule has 0 bridgehead atoms. The Morgan fingerprint density at radius 3 is 2.54 bits per heavy atom. The van der Waals surface area contributed by atoms with Crippen molar-refractivity contribution in [2.24, 2.45) is 11.8 Å². The van der Waals surface area contributed by atoms with Crippen LogP contribution in [0.15, 0.2) is 24.3 Å². The minimum atomic E-state index is -0.103. The summed E-state index contributed by atoms with van der Waals surface area (Å²) in [5.41, 5.74) is 1.82. The lowest BCUT2D eigenvalue weighted by Gasteiger charge is -2.42. The molecule has 5 heteroatoms. The van der Waals surface area contributed by atoms with Crippen molar-refractivity contribution in [3.8, 4) is 0 Å². The van der Waals surface area contributed by atoms with E-state index in [0.717, 1.165) is 63.1 Å². The molecule has 0 aromatic heterocycles. The molecule has 1 aromatic rings. The maximum Gasteiger partial charge on any atom is 0.253 e. The molecule has 3 aliphatic heterocycles. The highest BCUT2D eigenvalue weighted by molar-refractivity contribution is 5.94. The monoisotopic (exact) mass is 355 g/mol. The Morgan fingerprint density at radius 1 is 1.19 bits per heavy atom. The molecule has 4 rings (SSSR count). The average Bonchev–Trinajstić information content (AvgIpc) is 3.16. The summed E-state index contributed by atoms with van der Waals surface area (Å²) < 4.78 is 0. The highest BCUT2D eigenvalue weighted by atomic mass is 16.2. The van der Waals surface area contributed by atoms with Crippen LogP contribution in [0.2, 0.25) is 0 Å². The van der Waals surface area contributed by atoms with E-state index in [2.05, 4.69) is 17.1 Å². The van der Waals surface area contributed by atoms with Crippen LogP contribution in [-0.4, -0.2) is 59.9 Å². The molecule has 3 fully saturated rings. The van der Waals surface area contributed by atoms with E-state index < -0.39 is 0 Å². The van der Waals surface area contributed by atoms with Gasteiger partial charge >= 0.3 is 0 Å². The van der Waals surface area contributed by atoms with Crippen molar-refractivity contribution in [2.45, 2.75) is 38.6 Å². The molecule has 5 nitrogen and oxygen atoms in total. The molecule has 2 amide bonds. The van der Waals surface area contributed by atoms with Crippen LogP contribution in [0.5, 0.6) is 0 Å². The molecule has 3 saturated heterocycles. The number of fused-ring (bicyclic) bond motifs is 2. The van der Waals surface area contributed by atoms with Gasteiger partial charge in [-0.05, 0) is 44.9 Å². The predicted molar refractivity (Wildman–Crippen MR) is 101 cm³/mol. The van der Waals surface area contributed by atoms with Crippen LogP contribution >= 0.6 is 0 Å². The second kappa shape index (κ2) is 6.69. The fourth-order valence-electron chi connectivity index (χ4n) is 5.12. The number of piperidine rings is 1. The van der Waals surface area contributed by atoms with Gasteiger partial charge in [0.2, 0.25) is 5.91 Å². The molecule has 0 saturated carbocycles. The SMILES string of the molecule is CCCN1C[C@H]2C(=O)NC3(CCN(C(=O)c4ccc(C)cc4)CC3)[C@H]2C1. The van der Waals surface area contributed by atoms with E-state index in [9.17, 15) is 9.59 Å². The molecule has 0 radical (unpaired) electrons. The van der Waals surface area contributed by atoms with Crippen LogP contribution in [0.1, 0.15) is 42.1 Å². The topological polar surface area (TPSA) is 52.7 Å².